The summed E-state index contributed by atoms with van der Waals surface area (Å²) in [6.07, 6.45) is 1.83. The topological polar surface area (TPSA) is 46.5 Å². The number of ether oxygens (including phenoxy) is 1. The fourth-order valence-electron chi connectivity index (χ4n) is 1.59. The molecule has 0 bridgehead atoms. The average Bonchev–Trinajstić information content (AvgIpc) is 2.55. The number of carbonyl (C=O) groups excluding carboxylic acids is 1. The second kappa shape index (κ2) is 8.67. The molecule has 2 rings (SSSR count). The predicted molar refractivity (Wildman–Crippen MR) is 80.6 cm³/mol. The van der Waals surface area contributed by atoms with E-state index in [2.05, 4.69) is 6.58 Å². The molecular formula is C17H18O3. The van der Waals surface area contributed by atoms with Crippen molar-refractivity contribution >= 4 is 6.29 Å². The number of methoxy groups -OCH3 is 1. The Balaban J connectivity index is 0.000000444. The van der Waals surface area contributed by atoms with Gasteiger partial charge in [0.15, 0.2) is 0 Å². The fourth-order valence-corrected chi connectivity index (χ4v) is 1.59. The summed E-state index contributed by atoms with van der Waals surface area (Å²) >= 11 is 0. The van der Waals surface area contributed by atoms with Gasteiger partial charge in [-0.05, 0) is 34.9 Å². The fraction of sp³-hybridized carbons (Fsp3) is 0.118. The van der Waals surface area contributed by atoms with E-state index in [0.717, 1.165) is 22.4 Å². The molecule has 0 saturated heterocycles. The summed E-state index contributed by atoms with van der Waals surface area (Å²) in [6.45, 7) is 3.20. The zero-order valence-corrected chi connectivity index (χ0v) is 11.5. The number of hydrogen-bond acceptors (Lipinski definition) is 3. The number of benzene rings is 2. The normalized spacial score (nSPS) is 9.10. The van der Waals surface area contributed by atoms with Crippen molar-refractivity contribution in [3.8, 4) is 16.9 Å². The molecule has 20 heavy (non-hydrogen) atoms. The lowest BCUT2D eigenvalue weighted by atomic mass is 10.0. The number of aldehydes is 1. The van der Waals surface area contributed by atoms with E-state index in [1.54, 1.807) is 7.11 Å². The first-order valence-electron chi connectivity index (χ1n) is 6.15. The summed E-state index contributed by atoms with van der Waals surface area (Å²) in [5, 5.41) is 8.95. The van der Waals surface area contributed by atoms with Gasteiger partial charge >= 0.3 is 0 Å². The van der Waals surface area contributed by atoms with Gasteiger partial charge in [-0.15, -0.1) is 0 Å². The zero-order valence-electron chi connectivity index (χ0n) is 11.5. The van der Waals surface area contributed by atoms with Crippen LogP contribution in [0.2, 0.25) is 0 Å². The maximum absolute atomic E-state index is 9.06. The number of rotatable bonds is 4. The Kier molecular flexibility index (Phi) is 6.79. The highest BCUT2D eigenvalue weighted by Gasteiger charge is 1.98. The van der Waals surface area contributed by atoms with Gasteiger partial charge in [0.2, 0.25) is 0 Å². The SMILES string of the molecule is C=CC=O.COc1ccc(-c2ccc(CO)cc2)cc1. The Morgan fingerprint density at radius 2 is 1.50 bits per heavy atom. The van der Waals surface area contributed by atoms with Crippen molar-refractivity contribution in [1.82, 2.24) is 0 Å². The second-order valence-electron chi connectivity index (χ2n) is 3.96. The molecule has 0 atom stereocenters. The van der Waals surface area contributed by atoms with Crippen LogP contribution in [0.4, 0.5) is 0 Å². The lowest BCUT2D eigenvalue weighted by molar-refractivity contribution is -0.104. The lowest BCUT2D eigenvalue weighted by Crippen LogP contribution is -1.84. The lowest BCUT2D eigenvalue weighted by Gasteiger charge is -2.04. The number of hydrogen-bond donors (Lipinski definition) is 1. The molecule has 104 valence electrons. The van der Waals surface area contributed by atoms with Crippen LogP contribution in [-0.4, -0.2) is 18.5 Å². The Bertz CT molecular complexity index is 476. The van der Waals surface area contributed by atoms with Gasteiger partial charge < -0.3 is 9.84 Å². The predicted octanol–water partition coefficient (Wildman–Crippen LogP) is 3.23. The summed E-state index contributed by atoms with van der Waals surface area (Å²) < 4.78 is 5.11. The molecule has 0 spiro atoms. The van der Waals surface area contributed by atoms with Crippen molar-refractivity contribution in [3.05, 3.63) is 66.7 Å². The van der Waals surface area contributed by atoms with Gasteiger partial charge in [0.25, 0.3) is 0 Å². The van der Waals surface area contributed by atoms with E-state index in [-0.39, 0.29) is 6.61 Å². The number of carbonyl (C=O) groups is 1. The van der Waals surface area contributed by atoms with E-state index < -0.39 is 0 Å². The van der Waals surface area contributed by atoms with Gasteiger partial charge in [0.05, 0.1) is 13.7 Å². The molecule has 0 radical (unpaired) electrons. The summed E-state index contributed by atoms with van der Waals surface area (Å²) in [6, 6.07) is 15.8. The summed E-state index contributed by atoms with van der Waals surface area (Å²) in [5.74, 6) is 0.857. The molecule has 0 aromatic heterocycles. The molecule has 0 aliphatic carbocycles. The van der Waals surface area contributed by atoms with Crippen molar-refractivity contribution in [2.75, 3.05) is 7.11 Å². The first-order valence-corrected chi connectivity index (χ1v) is 6.15. The van der Waals surface area contributed by atoms with Crippen LogP contribution in [0.3, 0.4) is 0 Å². The molecule has 2 aromatic rings. The largest absolute Gasteiger partial charge is 0.497 e. The van der Waals surface area contributed by atoms with Crippen molar-refractivity contribution in [2.45, 2.75) is 6.61 Å². The highest BCUT2D eigenvalue weighted by atomic mass is 16.5. The van der Waals surface area contributed by atoms with Crippen LogP contribution >= 0.6 is 0 Å². The molecule has 0 aliphatic rings. The van der Waals surface area contributed by atoms with Gasteiger partial charge in [-0.3, -0.25) is 4.79 Å². The molecule has 3 heteroatoms. The second-order valence-corrected chi connectivity index (χ2v) is 3.96. The third-order valence-corrected chi connectivity index (χ3v) is 2.66. The summed E-state index contributed by atoms with van der Waals surface area (Å²) in [5.41, 5.74) is 3.21. The van der Waals surface area contributed by atoms with Gasteiger partial charge in [0.1, 0.15) is 12.0 Å². The van der Waals surface area contributed by atoms with Crippen LogP contribution < -0.4 is 4.74 Å². The highest BCUT2D eigenvalue weighted by Crippen LogP contribution is 2.22. The minimum atomic E-state index is 0.0862. The summed E-state index contributed by atoms with van der Waals surface area (Å²) in [4.78, 5) is 9.06. The summed E-state index contributed by atoms with van der Waals surface area (Å²) in [7, 11) is 1.66. The Labute approximate surface area is 119 Å². The first kappa shape index (κ1) is 15.7. The number of allylic oxidation sites excluding steroid dienone is 1. The standard InChI is InChI=1S/C14H14O2.C3H4O/c1-16-14-8-6-13(7-9-14)12-4-2-11(10-15)3-5-12;1-2-3-4/h2-9,15H,10H2,1H3;2-3H,1H2. The van der Waals surface area contributed by atoms with Gasteiger partial charge in [-0.25, -0.2) is 0 Å². The van der Waals surface area contributed by atoms with Crippen LogP contribution in [0.1, 0.15) is 5.56 Å². The van der Waals surface area contributed by atoms with E-state index in [1.165, 1.54) is 6.08 Å². The maximum atomic E-state index is 9.06. The van der Waals surface area contributed by atoms with Crippen molar-refractivity contribution in [3.63, 3.8) is 0 Å². The van der Waals surface area contributed by atoms with Crippen LogP contribution in [0, 0.1) is 0 Å². The van der Waals surface area contributed by atoms with Gasteiger partial charge in [-0.2, -0.15) is 0 Å². The van der Waals surface area contributed by atoms with Crippen LogP contribution in [0.25, 0.3) is 11.1 Å². The van der Waals surface area contributed by atoms with Crippen molar-refractivity contribution in [2.24, 2.45) is 0 Å². The minimum Gasteiger partial charge on any atom is -0.497 e. The quantitative estimate of drug-likeness (QED) is 0.685. The molecule has 3 nitrogen and oxygen atoms in total. The zero-order chi connectivity index (χ0) is 14.8. The van der Waals surface area contributed by atoms with Crippen LogP contribution in [-0.2, 0) is 11.4 Å². The molecule has 0 saturated carbocycles. The Morgan fingerprint density at radius 3 is 1.85 bits per heavy atom. The van der Waals surface area contributed by atoms with Crippen LogP contribution in [0.15, 0.2) is 61.2 Å². The Morgan fingerprint density at radius 1 is 1.05 bits per heavy atom. The van der Waals surface area contributed by atoms with E-state index in [4.69, 9.17) is 14.6 Å². The Hall–Kier alpha value is -2.39. The average molecular weight is 270 g/mol. The third-order valence-electron chi connectivity index (χ3n) is 2.66. The number of aliphatic hydroxyl groups is 1. The van der Waals surface area contributed by atoms with E-state index >= 15 is 0 Å². The molecule has 0 heterocycles. The van der Waals surface area contributed by atoms with Crippen molar-refractivity contribution in [1.29, 1.82) is 0 Å². The monoisotopic (exact) mass is 270 g/mol. The van der Waals surface area contributed by atoms with E-state index in [9.17, 15) is 0 Å². The van der Waals surface area contributed by atoms with Gasteiger partial charge in [-0.1, -0.05) is 43.0 Å². The molecule has 2 aromatic carbocycles. The minimum absolute atomic E-state index is 0.0862. The van der Waals surface area contributed by atoms with E-state index in [1.807, 2.05) is 48.5 Å². The maximum Gasteiger partial charge on any atom is 0.142 e. The molecule has 0 amide bonds. The smallest absolute Gasteiger partial charge is 0.142 e. The molecular weight excluding hydrogens is 252 g/mol. The van der Waals surface area contributed by atoms with Gasteiger partial charge in [0, 0.05) is 0 Å². The molecule has 0 unspecified atom stereocenters. The number of aliphatic hydroxyl groups excluding tert-OH is 1. The van der Waals surface area contributed by atoms with Crippen molar-refractivity contribution < 1.29 is 14.6 Å². The van der Waals surface area contributed by atoms with E-state index in [0.29, 0.717) is 6.29 Å². The third kappa shape index (κ3) is 4.71. The van der Waals surface area contributed by atoms with Crippen LogP contribution in [0.5, 0.6) is 5.75 Å². The molecule has 0 fully saturated rings. The first-order chi connectivity index (χ1) is 9.74. The molecule has 1 N–H and O–H groups in total. The highest BCUT2D eigenvalue weighted by molar-refractivity contribution is 5.64. The molecule has 0 aliphatic heterocycles.